The molecule has 1 aromatic rings. The van der Waals surface area contributed by atoms with Gasteiger partial charge in [0.15, 0.2) is 0 Å². The summed E-state index contributed by atoms with van der Waals surface area (Å²) < 4.78 is 6.73. The molecule has 1 fully saturated rings. The van der Waals surface area contributed by atoms with Gasteiger partial charge in [-0.3, -0.25) is 0 Å². The average molecular weight is 318 g/mol. The van der Waals surface area contributed by atoms with Crippen molar-refractivity contribution >= 4 is 27.3 Å². The van der Waals surface area contributed by atoms with Crippen molar-refractivity contribution in [3.05, 3.63) is 20.8 Å². The third-order valence-corrected chi connectivity index (χ3v) is 5.63. The molecular weight excluding hydrogens is 298 g/mol. The highest BCUT2D eigenvalue weighted by Gasteiger charge is 2.48. The van der Waals surface area contributed by atoms with Crippen LogP contribution in [0.4, 0.5) is 0 Å². The van der Waals surface area contributed by atoms with Crippen molar-refractivity contribution in [1.82, 2.24) is 5.32 Å². The van der Waals surface area contributed by atoms with E-state index in [1.165, 1.54) is 9.35 Å². The highest BCUT2D eigenvalue weighted by atomic mass is 79.9. The van der Waals surface area contributed by atoms with Gasteiger partial charge in [-0.2, -0.15) is 0 Å². The summed E-state index contributed by atoms with van der Waals surface area (Å²) in [6.07, 6.45) is 0. The Morgan fingerprint density at radius 1 is 1.53 bits per heavy atom. The maximum absolute atomic E-state index is 5.54. The SMILES string of the molecule is CNCC(C(C)C)C1(c2cc(Br)cs2)COC1. The Morgan fingerprint density at radius 3 is 2.59 bits per heavy atom. The summed E-state index contributed by atoms with van der Waals surface area (Å²) in [4.78, 5) is 1.46. The van der Waals surface area contributed by atoms with E-state index < -0.39 is 0 Å². The van der Waals surface area contributed by atoms with E-state index in [9.17, 15) is 0 Å². The van der Waals surface area contributed by atoms with Crippen molar-refractivity contribution in [1.29, 1.82) is 0 Å². The molecule has 1 atom stereocenters. The molecule has 2 rings (SSSR count). The third-order valence-electron chi connectivity index (χ3n) is 3.72. The van der Waals surface area contributed by atoms with Crippen molar-refractivity contribution in [2.75, 3.05) is 26.8 Å². The first-order valence-electron chi connectivity index (χ1n) is 6.07. The quantitative estimate of drug-likeness (QED) is 0.900. The van der Waals surface area contributed by atoms with Crippen LogP contribution in [0.25, 0.3) is 0 Å². The maximum atomic E-state index is 5.54. The van der Waals surface area contributed by atoms with Gasteiger partial charge in [-0.1, -0.05) is 13.8 Å². The Kier molecular flexibility index (Phi) is 4.29. The number of rotatable bonds is 5. The molecule has 0 aliphatic carbocycles. The van der Waals surface area contributed by atoms with Gasteiger partial charge >= 0.3 is 0 Å². The number of thiophene rings is 1. The van der Waals surface area contributed by atoms with Crippen LogP contribution in [0, 0.1) is 11.8 Å². The predicted molar refractivity (Wildman–Crippen MR) is 76.8 cm³/mol. The Morgan fingerprint density at radius 2 is 2.24 bits per heavy atom. The molecule has 1 aromatic heterocycles. The predicted octanol–water partition coefficient (Wildman–Crippen LogP) is 3.27. The molecule has 1 saturated heterocycles. The zero-order chi connectivity index (χ0) is 12.5. The van der Waals surface area contributed by atoms with E-state index in [4.69, 9.17) is 4.74 Å². The second kappa shape index (κ2) is 5.39. The van der Waals surface area contributed by atoms with Crippen LogP contribution < -0.4 is 5.32 Å². The molecule has 96 valence electrons. The summed E-state index contributed by atoms with van der Waals surface area (Å²) in [6, 6.07) is 2.26. The lowest BCUT2D eigenvalue weighted by molar-refractivity contribution is -0.0976. The first-order chi connectivity index (χ1) is 8.10. The van der Waals surface area contributed by atoms with E-state index in [1.54, 1.807) is 0 Å². The molecule has 1 unspecified atom stereocenters. The van der Waals surface area contributed by atoms with Gasteiger partial charge in [0.25, 0.3) is 0 Å². The molecule has 0 aromatic carbocycles. The van der Waals surface area contributed by atoms with E-state index in [0.29, 0.717) is 11.8 Å². The van der Waals surface area contributed by atoms with E-state index in [-0.39, 0.29) is 5.41 Å². The van der Waals surface area contributed by atoms with Crippen LogP contribution in [0.2, 0.25) is 0 Å². The summed E-state index contributed by atoms with van der Waals surface area (Å²) in [5.41, 5.74) is 0.230. The van der Waals surface area contributed by atoms with Gasteiger partial charge in [0.05, 0.1) is 18.6 Å². The monoisotopic (exact) mass is 317 g/mol. The molecule has 4 heteroatoms. The molecule has 1 aliphatic heterocycles. The molecule has 0 radical (unpaired) electrons. The zero-order valence-electron chi connectivity index (χ0n) is 10.6. The Balaban J connectivity index is 2.29. The minimum Gasteiger partial charge on any atom is -0.379 e. The van der Waals surface area contributed by atoms with Crippen molar-refractivity contribution in [2.45, 2.75) is 19.3 Å². The molecule has 0 bridgehead atoms. The zero-order valence-corrected chi connectivity index (χ0v) is 13.0. The first-order valence-corrected chi connectivity index (χ1v) is 7.74. The number of nitrogens with one attached hydrogen (secondary N) is 1. The molecular formula is C13H20BrNOS. The van der Waals surface area contributed by atoms with Gasteiger partial charge in [-0.15, -0.1) is 11.3 Å². The van der Waals surface area contributed by atoms with Gasteiger partial charge < -0.3 is 10.1 Å². The maximum Gasteiger partial charge on any atom is 0.0596 e. The molecule has 0 spiro atoms. The lowest BCUT2D eigenvalue weighted by Gasteiger charge is -2.48. The topological polar surface area (TPSA) is 21.3 Å². The van der Waals surface area contributed by atoms with E-state index in [2.05, 4.69) is 46.5 Å². The van der Waals surface area contributed by atoms with Crippen LogP contribution in [0.5, 0.6) is 0 Å². The van der Waals surface area contributed by atoms with Crippen LogP contribution in [-0.2, 0) is 10.2 Å². The highest BCUT2D eigenvalue weighted by molar-refractivity contribution is 9.10. The summed E-state index contributed by atoms with van der Waals surface area (Å²) in [5, 5.41) is 5.51. The van der Waals surface area contributed by atoms with E-state index >= 15 is 0 Å². The average Bonchev–Trinajstić information content (AvgIpc) is 2.62. The van der Waals surface area contributed by atoms with Gasteiger partial charge in [-0.05, 0) is 47.4 Å². The van der Waals surface area contributed by atoms with Crippen LogP contribution in [0.1, 0.15) is 18.7 Å². The highest BCUT2D eigenvalue weighted by Crippen LogP contribution is 2.45. The van der Waals surface area contributed by atoms with Crippen LogP contribution >= 0.6 is 27.3 Å². The second-order valence-electron chi connectivity index (χ2n) is 5.19. The molecule has 2 nitrogen and oxygen atoms in total. The molecule has 2 heterocycles. The van der Waals surface area contributed by atoms with Crippen molar-refractivity contribution in [3.63, 3.8) is 0 Å². The normalized spacial score (nSPS) is 20.3. The number of ether oxygens (including phenoxy) is 1. The first kappa shape index (κ1) is 13.5. The van der Waals surface area contributed by atoms with Crippen molar-refractivity contribution in [3.8, 4) is 0 Å². The van der Waals surface area contributed by atoms with Crippen LogP contribution in [-0.4, -0.2) is 26.8 Å². The summed E-state index contributed by atoms with van der Waals surface area (Å²) >= 11 is 5.41. The molecule has 0 saturated carbocycles. The van der Waals surface area contributed by atoms with Crippen LogP contribution in [0.3, 0.4) is 0 Å². The lowest BCUT2D eigenvalue weighted by atomic mass is 9.67. The van der Waals surface area contributed by atoms with E-state index in [0.717, 1.165) is 19.8 Å². The number of halogens is 1. The standard InChI is InChI=1S/C13H20BrNOS/c1-9(2)11(5-15-3)13(7-16-8-13)12-4-10(14)6-17-12/h4,6,9,11,15H,5,7-8H2,1-3H3. The fourth-order valence-corrected chi connectivity index (χ4v) is 4.39. The van der Waals surface area contributed by atoms with Crippen molar-refractivity contribution < 1.29 is 4.74 Å². The minimum atomic E-state index is 0.230. The lowest BCUT2D eigenvalue weighted by Crippen LogP contribution is -2.55. The summed E-state index contributed by atoms with van der Waals surface area (Å²) in [6.45, 7) is 7.40. The fraction of sp³-hybridized carbons (Fsp3) is 0.692. The Hall–Kier alpha value is 0.1000. The fourth-order valence-electron chi connectivity index (χ4n) is 2.72. The summed E-state index contributed by atoms with van der Waals surface area (Å²) in [7, 11) is 2.03. The number of hydrogen-bond acceptors (Lipinski definition) is 3. The summed E-state index contributed by atoms with van der Waals surface area (Å²) in [5.74, 6) is 1.29. The Bertz CT molecular complexity index is 373. The Labute approximate surface area is 116 Å². The molecule has 17 heavy (non-hydrogen) atoms. The number of hydrogen-bond donors (Lipinski definition) is 1. The second-order valence-corrected chi connectivity index (χ2v) is 7.01. The minimum absolute atomic E-state index is 0.230. The van der Waals surface area contributed by atoms with Crippen molar-refractivity contribution in [2.24, 2.45) is 11.8 Å². The third kappa shape index (κ3) is 2.46. The van der Waals surface area contributed by atoms with Gasteiger partial charge in [0.1, 0.15) is 0 Å². The molecule has 1 aliphatic rings. The van der Waals surface area contributed by atoms with Gasteiger partial charge in [0, 0.05) is 14.7 Å². The molecule has 0 amide bonds. The van der Waals surface area contributed by atoms with Crippen LogP contribution in [0.15, 0.2) is 15.9 Å². The smallest absolute Gasteiger partial charge is 0.0596 e. The van der Waals surface area contributed by atoms with E-state index in [1.807, 2.05) is 18.4 Å². The molecule has 1 N–H and O–H groups in total. The van der Waals surface area contributed by atoms with Gasteiger partial charge in [0.2, 0.25) is 0 Å². The van der Waals surface area contributed by atoms with Gasteiger partial charge in [-0.25, -0.2) is 0 Å². The largest absolute Gasteiger partial charge is 0.379 e.